The van der Waals surface area contributed by atoms with Crippen molar-refractivity contribution in [1.29, 1.82) is 0 Å². The molecule has 3 rings (SSSR count). The number of esters is 1. The van der Waals surface area contributed by atoms with Gasteiger partial charge in [0.05, 0.1) is 25.3 Å². The van der Waals surface area contributed by atoms with Gasteiger partial charge in [-0.15, -0.1) is 11.3 Å². The molecule has 0 spiro atoms. The van der Waals surface area contributed by atoms with Crippen LogP contribution >= 0.6 is 22.7 Å². The summed E-state index contributed by atoms with van der Waals surface area (Å²) in [5.41, 5.74) is 1.58. The predicted octanol–water partition coefficient (Wildman–Crippen LogP) is 4.47. The summed E-state index contributed by atoms with van der Waals surface area (Å²) < 4.78 is 5.10. The zero-order valence-electron chi connectivity index (χ0n) is 15.2. The highest BCUT2D eigenvalue weighted by atomic mass is 32.1. The Hall–Kier alpha value is -2.51. The van der Waals surface area contributed by atoms with E-state index in [1.807, 2.05) is 47.8 Å². The van der Waals surface area contributed by atoms with Crippen LogP contribution in [0.15, 0.2) is 47.8 Å². The van der Waals surface area contributed by atoms with Gasteiger partial charge in [0.2, 0.25) is 5.91 Å². The van der Waals surface area contributed by atoms with E-state index in [2.05, 4.69) is 4.98 Å². The molecule has 0 aliphatic carbocycles. The van der Waals surface area contributed by atoms with E-state index in [0.717, 1.165) is 10.4 Å². The number of anilines is 1. The van der Waals surface area contributed by atoms with Gasteiger partial charge in [-0.1, -0.05) is 47.7 Å². The predicted molar refractivity (Wildman–Crippen MR) is 108 cm³/mol. The van der Waals surface area contributed by atoms with Gasteiger partial charge in [0, 0.05) is 4.88 Å². The average molecular weight is 401 g/mol. The first-order chi connectivity index (χ1) is 13.1. The Bertz CT molecular complexity index is 905. The van der Waals surface area contributed by atoms with Gasteiger partial charge in [-0.3, -0.25) is 9.69 Å². The highest BCUT2D eigenvalue weighted by Gasteiger charge is 2.24. The molecule has 1 aromatic carbocycles. The molecule has 0 aliphatic rings. The summed E-state index contributed by atoms with van der Waals surface area (Å²) in [6.07, 6.45) is 0.303. The molecular formula is C20H20N2O3S2. The lowest BCUT2D eigenvalue weighted by Crippen LogP contribution is -2.31. The monoisotopic (exact) mass is 400 g/mol. The Balaban J connectivity index is 1.90. The number of thiazole rings is 1. The van der Waals surface area contributed by atoms with Gasteiger partial charge in [-0.2, -0.15) is 0 Å². The van der Waals surface area contributed by atoms with Crippen LogP contribution in [0.5, 0.6) is 0 Å². The molecule has 2 aromatic heterocycles. The number of carbonyl (C=O) groups is 2. The first kappa shape index (κ1) is 19.3. The third-order valence-corrected chi connectivity index (χ3v) is 5.90. The number of aromatic nitrogens is 1. The average Bonchev–Trinajstić information content (AvgIpc) is 3.30. The zero-order valence-corrected chi connectivity index (χ0v) is 16.8. The fourth-order valence-electron chi connectivity index (χ4n) is 2.57. The van der Waals surface area contributed by atoms with Gasteiger partial charge < -0.3 is 4.74 Å². The van der Waals surface area contributed by atoms with E-state index in [4.69, 9.17) is 4.74 Å². The summed E-state index contributed by atoms with van der Waals surface area (Å²) in [7, 11) is 0. The molecule has 0 unspecified atom stereocenters. The van der Waals surface area contributed by atoms with Crippen LogP contribution in [0.4, 0.5) is 5.13 Å². The lowest BCUT2D eigenvalue weighted by molar-refractivity contribution is -0.118. The molecule has 27 heavy (non-hydrogen) atoms. The van der Waals surface area contributed by atoms with Crippen molar-refractivity contribution in [3.63, 3.8) is 0 Å². The Kier molecular flexibility index (Phi) is 6.36. The molecule has 0 aliphatic heterocycles. The Labute approximate surface area is 166 Å². The van der Waals surface area contributed by atoms with Gasteiger partial charge in [0.25, 0.3) is 0 Å². The second-order valence-electron chi connectivity index (χ2n) is 5.85. The molecule has 0 radical (unpaired) electrons. The van der Waals surface area contributed by atoms with Crippen LogP contribution < -0.4 is 4.90 Å². The molecule has 3 aromatic rings. The molecule has 0 saturated carbocycles. The molecule has 5 nitrogen and oxygen atoms in total. The number of thiophene rings is 1. The summed E-state index contributed by atoms with van der Waals surface area (Å²) in [5, 5.41) is 2.47. The number of benzene rings is 1. The molecule has 0 atom stereocenters. The van der Waals surface area contributed by atoms with Gasteiger partial charge in [-0.25, -0.2) is 9.78 Å². The number of ether oxygens (including phenoxy) is 1. The number of nitrogens with zero attached hydrogens (tertiary/aromatic N) is 2. The lowest BCUT2D eigenvalue weighted by atomic mass is 10.2. The Morgan fingerprint density at radius 1 is 1.15 bits per heavy atom. The number of hydrogen-bond donors (Lipinski definition) is 0. The maximum absolute atomic E-state index is 13.0. The van der Waals surface area contributed by atoms with E-state index in [9.17, 15) is 9.59 Å². The van der Waals surface area contributed by atoms with Crippen molar-refractivity contribution < 1.29 is 14.3 Å². The maximum Gasteiger partial charge on any atom is 0.350 e. The molecule has 7 heteroatoms. The summed E-state index contributed by atoms with van der Waals surface area (Å²) in [4.78, 5) is 32.7. The minimum atomic E-state index is -0.399. The minimum absolute atomic E-state index is 0.0505. The molecule has 0 fully saturated rings. The fraction of sp³-hybridized carbons (Fsp3) is 0.250. The van der Waals surface area contributed by atoms with Crippen molar-refractivity contribution in [2.24, 2.45) is 0 Å². The van der Waals surface area contributed by atoms with Crippen molar-refractivity contribution in [1.82, 2.24) is 4.98 Å². The summed E-state index contributed by atoms with van der Waals surface area (Å²) in [6, 6.07) is 13.6. The number of carbonyl (C=O) groups excluding carboxylic acids is 2. The third kappa shape index (κ3) is 4.81. The van der Waals surface area contributed by atoms with E-state index in [1.54, 1.807) is 30.1 Å². The highest BCUT2D eigenvalue weighted by molar-refractivity contribution is 7.17. The van der Waals surface area contributed by atoms with Crippen LogP contribution in [0.1, 0.15) is 32.7 Å². The number of aryl methyl sites for hydroxylation is 1. The van der Waals surface area contributed by atoms with Crippen molar-refractivity contribution in [2.75, 3.05) is 11.5 Å². The molecule has 0 N–H and O–H groups in total. The van der Waals surface area contributed by atoms with Crippen LogP contribution in [0.2, 0.25) is 0 Å². The van der Waals surface area contributed by atoms with E-state index in [1.165, 1.54) is 11.3 Å². The maximum atomic E-state index is 13.0. The lowest BCUT2D eigenvalue weighted by Gasteiger charge is -2.20. The molecule has 1 amide bonds. The molecule has 0 bridgehead atoms. The molecule has 140 valence electrons. The number of amides is 1. The quantitative estimate of drug-likeness (QED) is 0.549. The first-order valence-corrected chi connectivity index (χ1v) is 10.3. The number of hydrogen-bond acceptors (Lipinski definition) is 6. The van der Waals surface area contributed by atoms with Crippen LogP contribution in [-0.2, 0) is 22.5 Å². The van der Waals surface area contributed by atoms with Crippen LogP contribution in [0, 0.1) is 6.92 Å². The topological polar surface area (TPSA) is 59.5 Å². The zero-order chi connectivity index (χ0) is 19.2. The smallest absolute Gasteiger partial charge is 0.350 e. The van der Waals surface area contributed by atoms with Crippen LogP contribution in [-0.4, -0.2) is 23.5 Å². The van der Waals surface area contributed by atoms with E-state index in [0.29, 0.717) is 35.3 Å². The summed E-state index contributed by atoms with van der Waals surface area (Å²) in [5.74, 6) is -0.449. The second-order valence-corrected chi connectivity index (χ2v) is 7.86. The van der Waals surface area contributed by atoms with Crippen LogP contribution in [0.3, 0.4) is 0 Å². The van der Waals surface area contributed by atoms with Crippen molar-refractivity contribution >= 4 is 39.7 Å². The van der Waals surface area contributed by atoms with Gasteiger partial charge >= 0.3 is 5.97 Å². The second kappa shape index (κ2) is 8.92. The van der Waals surface area contributed by atoms with Crippen molar-refractivity contribution in [3.8, 4) is 0 Å². The summed E-state index contributed by atoms with van der Waals surface area (Å²) in [6.45, 7) is 4.23. The van der Waals surface area contributed by atoms with Crippen molar-refractivity contribution in [2.45, 2.75) is 26.8 Å². The largest absolute Gasteiger partial charge is 0.462 e. The SMILES string of the molecule is CCOC(=O)c1sc(N(Cc2ccccc2)C(=O)Cc2cccs2)nc1C. The normalized spacial score (nSPS) is 10.6. The van der Waals surface area contributed by atoms with Crippen molar-refractivity contribution in [3.05, 3.63) is 68.9 Å². The standard InChI is InChI=1S/C20H20N2O3S2/c1-3-25-19(24)18-14(2)21-20(27-18)22(13-15-8-5-4-6-9-15)17(23)12-16-10-7-11-26-16/h4-11H,3,12-13H2,1-2H3. The highest BCUT2D eigenvalue weighted by Crippen LogP contribution is 2.29. The first-order valence-electron chi connectivity index (χ1n) is 8.59. The molecule has 2 heterocycles. The summed E-state index contributed by atoms with van der Waals surface area (Å²) >= 11 is 2.75. The van der Waals surface area contributed by atoms with Gasteiger partial charge in [-0.05, 0) is 30.9 Å². The third-order valence-electron chi connectivity index (χ3n) is 3.87. The number of rotatable bonds is 7. The van der Waals surface area contributed by atoms with E-state index in [-0.39, 0.29) is 5.91 Å². The Morgan fingerprint density at radius 2 is 1.93 bits per heavy atom. The van der Waals surface area contributed by atoms with E-state index >= 15 is 0 Å². The minimum Gasteiger partial charge on any atom is -0.462 e. The van der Waals surface area contributed by atoms with Gasteiger partial charge in [0.1, 0.15) is 4.88 Å². The fourth-order valence-corrected chi connectivity index (χ4v) is 4.24. The Morgan fingerprint density at radius 3 is 2.59 bits per heavy atom. The van der Waals surface area contributed by atoms with Crippen LogP contribution in [0.25, 0.3) is 0 Å². The molecular weight excluding hydrogens is 380 g/mol. The van der Waals surface area contributed by atoms with E-state index < -0.39 is 5.97 Å². The van der Waals surface area contributed by atoms with Gasteiger partial charge in [0.15, 0.2) is 5.13 Å². The molecule has 0 saturated heterocycles.